The quantitative estimate of drug-likeness (QED) is 0.866. The third kappa shape index (κ3) is 3.71. The van der Waals surface area contributed by atoms with E-state index >= 15 is 0 Å². The first-order valence-corrected chi connectivity index (χ1v) is 10.6. The molecule has 0 spiro atoms. The highest BCUT2D eigenvalue weighted by atomic mass is 28.4. The molecule has 0 saturated carbocycles. The minimum absolute atomic E-state index is 0.253. The topological polar surface area (TPSA) is 39.1 Å². The van der Waals surface area contributed by atoms with E-state index in [1.54, 1.807) is 0 Å². The molecule has 0 aromatic carbocycles. The van der Waals surface area contributed by atoms with Gasteiger partial charge in [0.1, 0.15) is 0 Å². The first-order valence-electron chi connectivity index (χ1n) is 7.68. The van der Waals surface area contributed by atoms with Crippen molar-refractivity contribution >= 4 is 8.32 Å². The highest BCUT2D eigenvalue weighted by molar-refractivity contribution is 6.74. The van der Waals surface area contributed by atoms with Gasteiger partial charge in [0.05, 0.1) is 18.3 Å². The molecular weight excluding hydrogens is 266 g/mol. The molecule has 2 rings (SSSR count). The normalized spacial score (nSPS) is 21.1. The van der Waals surface area contributed by atoms with Crippen molar-refractivity contribution in [3.8, 4) is 0 Å². The van der Waals surface area contributed by atoms with Gasteiger partial charge in [0.2, 0.25) is 0 Å². The van der Waals surface area contributed by atoms with Crippen LogP contribution < -0.4 is 5.32 Å². The van der Waals surface area contributed by atoms with Gasteiger partial charge in [-0.25, -0.2) is 0 Å². The summed E-state index contributed by atoms with van der Waals surface area (Å²) in [6.07, 6.45) is 4.56. The average molecular weight is 296 g/mol. The van der Waals surface area contributed by atoms with E-state index in [4.69, 9.17) is 9.52 Å². The Morgan fingerprint density at radius 3 is 2.80 bits per heavy atom. The zero-order valence-corrected chi connectivity index (χ0v) is 14.6. The SMILES string of the molecule is CC(C)(C)[Si](C)(C)OCc1ccn([C@H]2CCCNC2)n1. The largest absolute Gasteiger partial charge is 0.411 e. The molecule has 1 aromatic rings. The molecule has 1 aliphatic heterocycles. The second kappa shape index (κ2) is 5.99. The van der Waals surface area contributed by atoms with Crippen LogP contribution in [0.3, 0.4) is 0 Å². The number of piperidine rings is 1. The molecule has 0 aliphatic carbocycles. The van der Waals surface area contributed by atoms with Crippen molar-refractivity contribution in [2.24, 2.45) is 0 Å². The highest BCUT2D eigenvalue weighted by Crippen LogP contribution is 2.36. The van der Waals surface area contributed by atoms with Gasteiger partial charge in [-0.15, -0.1) is 0 Å². The summed E-state index contributed by atoms with van der Waals surface area (Å²) in [5.74, 6) is 0. The average Bonchev–Trinajstić information content (AvgIpc) is 2.85. The number of hydrogen-bond acceptors (Lipinski definition) is 3. The minimum Gasteiger partial charge on any atom is -0.411 e. The molecule has 20 heavy (non-hydrogen) atoms. The summed E-state index contributed by atoms with van der Waals surface area (Å²) >= 11 is 0. The van der Waals surface area contributed by atoms with Crippen molar-refractivity contribution in [3.63, 3.8) is 0 Å². The van der Waals surface area contributed by atoms with Crippen molar-refractivity contribution < 1.29 is 4.43 Å². The summed E-state index contributed by atoms with van der Waals surface area (Å²) < 4.78 is 8.34. The molecule has 0 unspecified atom stereocenters. The summed E-state index contributed by atoms with van der Waals surface area (Å²) in [7, 11) is -1.68. The summed E-state index contributed by atoms with van der Waals surface area (Å²) in [6.45, 7) is 14.2. The molecule has 114 valence electrons. The molecule has 4 nitrogen and oxygen atoms in total. The van der Waals surface area contributed by atoms with Gasteiger partial charge in [0.15, 0.2) is 8.32 Å². The van der Waals surface area contributed by atoms with Gasteiger partial charge in [-0.1, -0.05) is 20.8 Å². The Bertz CT molecular complexity index is 431. The van der Waals surface area contributed by atoms with Crippen LogP contribution in [0.1, 0.15) is 45.3 Å². The van der Waals surface area contributed by atoms with E-state index in [2.05, 4.69) is 56.1 Å². The van der Waals surface area contributed by atoms with Gasteiger partial charge in [0, 0.05) is 12.7 Å². The van der Waals surface area contributed by atoms with Crippen LogP contribution in [-0.4, -0.2) is 31.2 Å². The first kappa shape index (κ1) is 15.7. The van der Waals surface area contributed by atoms with Gasteiger partial charge in [-0.05, 0) is 43.6 Å². The molecular formula is C15H29N3OSi. The molecule has 1 atom stereocenters. The summed E-state index contributed by atoms with van der Waals surface area (Å²) in [5.41, 5.74) is 1.06. The Labute approximate surface area is 124 Å². The van der Waals surface area contributed by atoms with Crippen molar-refractivity contribution in [1.29, 1.82) is 0 Å². The molecule has 1 aromatic heterocycles. The van der Waals surface area contributed by atoms with Crippen LogP contribution in [0.25, 0.3) is 0 Å². The number of nitrogens with zero attached hydrogens (tertiary/aromatic N) is 2. The lowest BCUT2D eigenvalue weighted by atomic mass is 10.1. The number of rotatable bonds is 4. The van der Waals surface area contributed by atoms with Crippen LogP contribution in [0.5, 0.6) is 0 Å². The van der Waals surface area contributed by atoms with Crippen LogP contribution >= 0.6 is 0 Å². The molecule has 1 aliphatic rings. The van der Waals surface area contributed by atoms with Gasteiger partial charge in [0.25, 0.3) is 0 Å². The summed E-state index contributed by atoms with van der Waals surface area (Å²) in [4.78, 5) is 0. The highest BCUT2D eigenvalue weighted by Gasteiger charge is 2.37. The molecule has 0 radical (unpaired) electrons. The molecule has 1 fully saturated rings. The number of hydrogen-bond donors (Lipinski definition) is 1. The molecule has 0 amide bonds. The van der Waals surface area contributed by atoms with E-state index in [-0.39, 0.29) is 5.04 Å². The predicted octanol–water partition coefficient (Wildman–Crippen LogP) is 3.33. The smallest absolute Gasteiger partial charge is 0.192 e. The Balaban J connectivity index is 1.93. The van der Waals surface area contributed by atoms with E-state index in [0.29, 0.717) is 12.6 Å². The van der Waals surface area contributed by atoms with Gasteiger partial charge in [-0.3, -0.25) is 4.68 Å². The summed E-state index contributed by atoms with van der Waals surface area (Å²) in [5, 5.41) is 8.38. The van der Waals surface area contributed by atoms with Gasteiger partial charge >= 0.3 is 0 Å². The molecule has 2 heterocycles. The lowest BCUT2D eigenvalue weighted by molar-refractivity contribution is 0.267. The van der Waals surface area contributed by atoms with Crippen LogP contribution in [0, 0.1) is 0 Å². The van der Waals surface area contributed by atoms with E-state index in [0.717, 1.165) is 18.8 Å². The van der Waals surface area contributed by atoms with E-state index in [1.165, 1.54) is 12.8 Å². The second-order valence-electron chi connectivity index (χ2n) is 7.34. The van der Waals surface area contributed by atoms with Crippen LogP contribution in [0.4, 0.5) is 0 Å². The Morgan fingerprint density at radius 2 is 2.20 bits per heavy atom. The summed E-state index contributed by atoms with van der Waals surface area (Å²) in [6, 6.07) is 2.60. The molecule has 5 heteroatoms. The fourth-order valence-electron chi connectivity index (χ4n) is 2.19. The molecule has 1 N–H and O–H groups in total. The van der Waals surface area contributed by atoms with Crippen LogP contribution in [0.2, 0.25) is 18.1 Å². The van der Waals surface area contributed by atoms with E-state index in [1.807, 2.05) is 0 Å². The van der Waals surface area contributed by atoms with Crippen LogP contribution in [-0.2, 0) is 11.0 Å². The maximum absolute atomic E-state index is 6.23. The zero-order chi connectivity index (χ0) is 14.8. The number of nitrogens with one attached hydrogen (secondary N) is 1. The maximum atomic E-state index is 6.23. The second-order valence-corrected chi connectivity index (χ2v) is 12.1. The lowest BCUT2D eigenvalue weighted by Crippen LogP contribution is -2.40. The van der Waals surface area contributed by atoms with Gasteiger partial charge in [-0.2, -0.15) is 5.10 Å². The Hall–Kier alpha value is -0.653. The number of aromatic nitrogens is 2. The van der Waals surface area contributed by atoms with Crippen molar-refractivity contribution in [2.45, 2.75) is 64.4 Å². The van der Waals surface area contributed by atoms with Crippen molar-refractivity contribution in [2.75, 3.05) is 13.1 Å². The van der Waals surface area contributed by atoms with Gasteiger partial charge < -0.3 is 9.74 Å². The Morgan fingerprint density at radius 1 is 1.45 bits per heavy atom. The maximum Gasteiger partial charge on any atom is 0.192 e. The third-order valence-electron chi connectivity index (χ3n) is 4.70. The van der Waals surface area contributed by atoms with E-state index in [9.17, 15) is 0 Å². The third-order valence-corrected chi connectivity index (χ3v) is 9.17. The molecule has 1 saturated heterocycles. The molecule has 0 bridgehead atoms. The zero-order valence-electron chi connectivity index (χ0n) is 13.6. The lowest BCUT2D eigenvalue weighted by Gasteiger charge is -2.35. The fraction of sp³-hybridized carbons (Fsp3) is 0.800. The fourth-order valence-corrected chi connectivity index (χ4v) is 3.13. The standard InChI is InChI=1S/C15H29N3OSi/c1-15(2,3)20(4,5)19-12-13-8-10-18(17-13)14-7-6-9-16-11-14/h8,10,14,16H,6-7,9,11-12H2,1-5H3/t14-/m0/s1. The van der Waals surface area contributed by atoms with Crippen LogP contribution in [0.15, 0.2) is 12.3 Å². The first-order chi connectivity index (χ1) is 9.29. The van der Waals surface area contributed by atoms with Crippen molar-refractivity contribution in [3.05, 3.63) is 18.0 Å². The van der Waals surface area contributed by atoms with Crippen molar-refractivity contribution in [1.82, 2.24) is 15.1 Å². The van der Waals surface area contributed by atoms with E-state index < -0.39 is 8.32 Å². The monoisotopic (exact) mass is 295 g/mol. The predicted molar refractivity (Wildman–Crippen MR) is 85.4 cm³/mol. The Kier molecular flexibility index (Phi) is 4.72. The minimum atomic E-state index is -1.68.